The SMILES string of the molecule is N#Cc1cccc(CNC(=O)C2CC(=O)N(c3ccccc3Br)C2)c1. The standard InChI is InChI=1S/C19H16BrN3O2/c20-16-6-1-2-7-17(16)23-12-15(9-18(23)24)19(25)22-11-14-5-3-4-13(8-14)10-21/h1-8,15H,9,11-12H2,(H,22,25). The molecule has 0 saturated carbocycles. The normalized spacial score (nSPS) is 16.6. The summed E-state index contributed by atoms with van der Waals surface area (Å²) in [5.74, 6) is -0.581. The molecule has 0 radical (unpaired) electrons. The summed E-state index contributed by atoms with van der Waals surface area (Å²) in [7, 11) is 0. The van der Waals surface area contributed by atoms with Gasteiger partial charge in [-0.2, -0.15) is 5.26 Å². The smallest absolute Gasteiger partial charge is 0.227 e. The fraction of sp³-hybridized carbons (Fsp3) is 0.211. The summed E-state index contributed by atoms with van der Waals surface area (Å²) >= 11 is 3.44. The molecule has 2 amide bonds. The minimum Gasteiger partial charge on any atom is -0.352 e. The molecule has 1 aliphatic rings. The number of nitriles is 1. The Morgan fingerprint density at radius 2 is 2.08 bits per heavy atom. The second kappa shape index (κ2) is 7.49. The summed E-state index contributed by atoms with van der Waals surface area (Å²) in [4.78, 5) is 26.3. The maximum absolute atomic E-state index is 12.4. The molecule has 6 heteroatoms. The highest BCUT2D eigenvalue weighted by molar-refractivity contribution is 9.10. The van der Waals surface area contributed by atoms with E-state index in [1.807, 2.05) is 30.3 Å². The molecule has 2 aromatic carbocycles. The molecule has 0 aliphatic carbocycles. The molecule has 0 spiro atoms. The lowest BCUT2D eigenvalue weighted by Gasteiger charge is -2.18. The van der Waals surface area contributed by atoms with Crippen LogP contribution in [0.3, 0.4) is 0 Å². The van der Waals surface area contributed by atoms with E-state index in [1.165, 1.54) is 0 Å². The molecular weight excluding hydrogens is 382 g/mol. The number of nitrogens with zero attached hydrogens (tertiary/aromatic N) is 2. The quantitative estimate of drug-likeness (QED) is 0.861. The number of carbonyl (C=O) groups excluding carboxylic acids is 2. The predicted molar refractivity (Wildman–Crippen MR) is 97.6 cm³/mol. The summed E-state index contributed by atoms with van der Waals surface area (Å²) in [6, 6.07) is 16.7. The van der Waals surface area contributed by atoms with Crippen LogP contribution in [0.15, 0.2) is 53.0 Å². The van der Waals surface area contributed by atoms with Crippen molar-refractivity contribution in [2.75, 3.05) is 11.4 Å². The summed E-state index contributed by atoms with van der Waals surface area (Å²) < 4.78 is 0.831. The van der Waals surface area contributed by atoms with Gasteiger partial charge in [-0.05, 0) is 45.8 Å². The molecule has 1 aliphatic heterocycles. The first-order valence-corrected chi connectivity index (χ1v) is 8.69. The van der Waals surface area contributed by atoms with Crippen LogP contribution in [0, 0.1) is 17.2 Å². The zero-order valence-electron chi connectivity index (χ0n) is 13.4. The van der Waals surface area contributed by atoms with E-state index in [2.05, 4.69) is 27.3 Å². The highest BCUT2D eigenvalue weighted by Crippen LogP contribution is 2.31. The highest BCUT2D eigenvalue weighted by Gasteiger charge is 2.35. The van der Waals surface area contributed by atoms with Crippen molar-refractivity contribution in [2.24, 2.45) is 5.92 Å². The first kappa shape index (κ1) is 17.2. The van der Waals surface area contributed by atoms with Crippen LogP contribution in [-0.2, 0) is 16.1 Å². The Morgan fingerprint density at radius 3 is 2.84 bits per heavy atom. The van der Waals surface area contributed by atoms with Gasteiger partial charge in [0.15, 0.2) is 0 Å². The molecule has 5 nitrogen and oxygen atoms in total. The topological polar surface area (TPSA) is 73.2 Å². The van der Waals surface area contributed by atoms with Crippen molar-refractivity contribution in [3.8, 4) is 6.07 Å². The van der Waals surface area contributed by atoms with Crippen molar-refractivity contribution < 1.29 is 9.59 Å². The maximum Gasteiger partial charge on any atom is 0.227 e. The molecule has 1 saturated heterocycles. The lowest BCUT2D eigenvalue weighted by Crippen LogP contribution is -2.32. The van der Waals surface area contributed by atoms with Crippen LogP contribution in [0.25, 0.3) is 0 Å². The maximum atomic E-state index is 12.4. The van der Waals surface area contributed by atoms with Crippen LogP contribution in [0.2, 0.25) is 0 Å². The van der Waals surface area contributed by atoms with Gasteiger partial charge in [-0.3, -0.25) is 9.59 Å². The van der Waals surface area contributed by atoms with Gasteiger partial charge in [0.25, 0.3) is 0 Å². The number of anilines is 1. The number of para-hydroxylation sites is 1. The predicted octanol–water partition coefficient (Wildman–Crippen LogP) is 2.99. The van der Waals surface area contributed by atoms with E-state index < -0.39 is 0 Å². The number of amides is 2. The molecule has 0 bridgehead atoms. The average Bonchev–Trinajstić information content (AvgIpc) is 3.02. The zero-order valence-corrected chi connectivity index (χ0v) is 15.0. The van der Waals surface area contributed by atoms with Gasteiger partial charge in [0.2, 0.25) is 11.8 Å². The summed E-state index contributed by atoms with van der Waals surface area (Å²) in [6.07, 6.45) is 0.200. The third-order valence-corrected chi connectivity index (χ3v) is 4.83. The van der Waals surface area contributed by atoms with Crippen molar-refractivity contribution in [3.05, 3.63) is 64.1 Å². The number of halogens is 1. The van der Waals surface area contributed by atoms with Crippen molar-refractivity contribution >= 4 is 33.4 Å². The molecule has 1 atom stereocenters. The monoisotopic (exact) mass is 397 g/mol. The third kappa shape index (κ3) is 3.89. The summed E-state index contributed by atoms with van der Waals surface area (Å²) in [5.41, 5.74) is 2.20. The zero-order chi connectivity index (χ0) is 17.8. The van der Waals surface area contributed by atoms with Gasteiger partial charge in [0.05, 0.1) is 23.2 Å². The molecule has 2 aromatic rings. The van der Waals surface area contributed by atoms with E-state index in [4.69, 9.17) is 5.26 Å². The van der Waals surface area contributed by atoms with E-state index in [-0.39, 0.29) is 24.2 Å². The molecule has 1 fully saturated rings. The minimum absolute atomic E-state index is 0.0569. The lowest BCUT2D eigenvalue weighted by molar-refractivity contribution is -0.126. The van der Waals surface area contributed by atoms with Crippen LogP contribution < -0.4 is 10.2 Å². The molecular formula is C19H16BrN3O2. The van der Waals surface area contributed by atoms with E-state index in [0.717, 1.165) is 15.7 Å². The second-order valence-electron chi connectivity index (χ2n) is 5.89. The average molecular weight is 398 g/mol. The summed E-state index contributed by atoms with van der Waals surface area (Å²) in [5, 5.41) is 11.8. The first-order valence-electron chi connectivity index (χ1n) is 7.90. The van der Waals surface area contributed by atoms with Crippen LogP contribution in [0.1, 0.15) is 17.5 Å². The molecule has 126 valence electrons. The van der Waals surface area contributed by atoms with Crippen molar-refractivity contribution in [1.82, 2.24) is 5.32 Å². The number of rotatable bonds is 4. The lowest BCUT2D eigenvalue weighted by atomic mass is 10.1. The number of carbonyl (C=O) groups is 2. The third-order valence-electron chi connectivity index (χ3n) is 4.16. The van der Waals surface area contributed by atoms with Crippen molar-refractivity contribution in [2.45, 2.75) is 13.0 Å². The van der Waals surface area contributed by atoms with E-state index in [1.54, 1.807) is 23.1 Å². The molecule has 1 unspecified atom stereocenters. The van der Waals surface area contributed by atoms with Gasteiger partial charge in [-0.1, -0.05) is 24.3 Å². The van der Waals surface area contributed by atoms with E-state index >= 15 is 0 Å². The van der Waals surface area contributed by atoms with E-state index in [0.29, 0.717) is 18.7 Å². The number of hydrogen-bond donors (Lipinski definition) is 1. The molecule has 3 rings (SSSR count). The Balaban J connectivity index is 1.63. The Kier molecular flexibility index (Phi) is 5.15. The largest absolute Gasteiger partial charge is 0.352 e. The molecule has 25 heavy (non-hydrogen) atoms. The number of hydrogen-bond acceptors (Lipinski definition) is 3. The van der Waals surface area contributed by atoms with Crippen molar-refractivity contribution in [1.29, 1.82) is 5.26 Å². The van der Waals surface area contributed by atoms with Crippen LogP contribution in [0.5, 0.6) is 0 Å². The van der Waals surface area contributed by atoms with Gasteiger partial charge in [0, 0.05) is 24.0 Å². The van der Waals surface area contributed by atoms with E-state index in [9.17, 15) is 9.59 Å². The second-order valence-corrected chi connectivity index (χ2v) is 6.74. The van der Waals surface area contributed by atoms with Gasteiger partial charge in [-0.15, -0.1) is 0 Å². The molecule has 1 N–H and O–H groups in total. The van der Waals surface area contributed by atoms with Gasteiger partial charge in [0.1, 0.15) is 0 Å². The highest BCUT2D eigenvalue weighted by atomic mass is 79.9. The van der Waals surface area contributed by atoms with Gasteiger partial charge in [-0.25, -0.2) is 0 Å². The fourth-order valence-corrected chi connectivity index (χ4v) is 3.37. The Morgan fingerprint density at radius 1 is 1.28 bits per heavy atom. The number of benzene rings is 2. The van der Waals surface area contributed by atoms with Gasteiger partial charge < -0.3 is 10.2 Å². The van der Waals surface area contributed by atoms with Crippen LogP contribution >= 0.6 is 15.9 Å². The number of nitrogens with one attached hydrogen (secondary N) is 1. The van der Waals surface area contributed by atoms with Crippen LogP contribution in [-0.4, -0.2) is 18.4 Å². The minimum atomic E-state index is -0.376. The fourth-order valence-electron chi connectivity index (χ4n) is 2.87. The Bertz CT molecular complexity index is 860. The first-order chi connectivity index (χ1) is 12.1. The van der Waals surface area contributed by atoms with Crippen LogP contribution in [0.4, 0.5) is 5.69 Å². The summed E-state index contributed by atoms with van der Waals surface area (Å²) in [6.45, 7) is 0.708. The molecule has 1 heterocycles. The van der Waals surface area contributed by atoms with Gasteiger partial charge >= 0.3 is 0 Å². The Hall–Kier alpha value is -2.65. The van der Waals surface area contributed by atoms with Crippen molar-refractivity contribution in [3.63, 3.8) is 0 Å². The Labute approximate surface area is 154 Å². The molecule has 0 aromatic heterocycles.